The van der Waals surface area contributed by atoms with E-state index in [1.54, 1.807) is 7.11 Å². The fourth-order valence-electron chi connectivity index (χ4n) is 4.70. The van der Waals surface area contributed by atoms with Gasteiger partial charge in [-0.25, -0.2) is 0 Å². The van der Waals surface area contributed by atoms with Crippen molar-refractivity contribution in [3.8, 4) is 17.0 Å². The van der Waals surface area contributed by atoms with Gasteiger partial charge in [0.2, 0.25) is 0 Å². The maximum Gasteiger partial charge on any atom is 0.129 e. The van der Waals surface area contributed by atoms with E-state index in [9.17, 15) is 0 Å². The Bertz CT molecular complexity index is 975. The second-order valence-electron chi connectivity index (χ2n) is 8.20. The van der Waals surface area contributed by atoms with Crippen molar-refractivity contribution >= 4 is 0 Å². The maximum absolute atomic E-state index is 5.94. The van der Waals surface area contributed by atoms with Crippen LogP contribution < -0.4 is 4.74 Å². The second-order valence-corrected chi connectivity index (χ2v) is 8.20. The Kier molecular flexibility index (Phi) is 7.86. The highest BCUT2D eigenvalue weighted by molar-refractivity contribution is 5.73. The number of aryl methyl sites for hydroxylation is 2. The van der Waals surface area contributed by atoms with Crippen LogP contribution in [-0.2, 0) is 19.4 Å². The fraction of sp³-hybridized carbons (Fsp3) is 0.393. The molecule has 2 aromatic carbocycles. The van der Waals surface area contributed by atoms with Crippen LogP contribution in [-0.4, -0.2) is 24.0 Å². The number of ether oxygens (including phenoxy) is 1. The van der Waals surface area contributed by atoms with Crippen molar-refractivity contribution in [2.24, 2.45) is 0 Å². The van der Waals surface area contributed by atoms with Gasteiger partial charge < -0.3 is 4.74 Å². The van der Waals surface area contributed by atoms with E-state index in [2.05, 4.69) is 88.2 Å². The largest absolute Gasteiger partial charge is 0.496 e. The molecule has 0 aliphatic rings. The lowest BCUT2D eigenvalue weighted by molar-refractivity contribution is 0.227. The molecule has 3 aromatic rings. The molecule has 1 aromatic heterocycles. The third kappa shape index (κ3) is 4.83. The quantitative estimate of drug-likeness (QED) is 0.385. The molecule has 0 N–H and O–H groups in total. The lowest BCUT2D eigenvalue weighted by atomic mass is 9.92. The third-order valence-electron chi connectivity index (χ3n) is 6.30. The number of benzene rings is 2. The summed E-state index contributed by atoms with van der Waals surface area (Å²) in [6.07, 6.45) is 5.05. The Morgan fingerprint density at radius 1 is 0.903 bits per heavy atom. The first-order valence-electron chi connectivity index (χ1n) is 11.4. The van der Waals surface area contributed by atoms with Crippen molar-refractivity contribution in [2.75, 3.05) is 14.2 Å². The van der Waals surface area contributed by atoms with Crippen LogP contribution in [0.5, 0.6) is 5.75 Å². The Hall–Kier alpha value is -2.65. The molecular formula is C28H36N2O. The zero-order valence-corrected chi connectivity index (χ0v) is 19.9. The molecule has 1 unspecified atom stereocenters. The van der Waals surface area contributed by atoms with Crippen molar-refractivity contribution in [1.82, 2.24) is 9.88 Å². The topological polar surface area (TPSA) is 25.4 Å². The molecule has 3 heteroatoms. The number of hydrogen-bond donors (Lipinski definition) is 0. The third-order valence-corrected chi connectivity index (χ3v) is 6.30. The van der Waals surface area contributed by atoms with Gasteiger partial charge in [-0.15, -0.1) is 0 Å². The lowest BCUT2D eigenvalue weighted by Gasteiger charge is -2.28. The van der Waals surface area contributed by atoms with Crippen molar-refractivity contribution in [3.05, 3.63) is 82.5 Å². The summed E-state index contributed by atoms with van der Waals surface area (Å²) < 4.78 is 5.94. The van der Waals surface area contributed by atoms with Gasteiger partial charge in [-0.2, -0.15) is 0 Å². The second kappa shape index (κ2) is 10.6. The number of aromatic nitrogens is 1. The molecule has 0 fully saturated rings. The fourth-order valence-corrected chi connectivity index (χ4v) is 4.70. The molecule has 31 heavy (non-hydrogen) atoms. The van der Waals surface area contributed by atoms with Gasteiger partial charge in [-0.1, -0.05) is 69.3 Å². The lowest BCUT2D eigenvalue weighted by Crippen LogP contribution is -2.24. The van der Waals surface area contributed by atoms with Crippen LogP contribution in [0.3, 0.4) is 0 Å². The molecule has 0 amide bonds. The molecular weight excluding hydrogens is 380 g/mol. The zero-order chi connectivity index (χ0) is 22.4. The number of methoxy groups -OCH3 is 1. The molecule has 3 nitrogen and oxygen atoms in total. The number of hydrogen-bond acceptors (Lipinski definition) is 3. The van der Waals surface area contributed by atoms with Crippen LogP contribution in [0.4, 0.5) is 0 Å². The smallest absolute Gasteiger partial charge is 0.129 e. The molecule has 164 valence electrons. The first-order chi connectivity index (χ1) is 15.0. The van der Waals surface area contributed by atoms with Crippen molar-refractivity contribution in [1.29, 1.82) is 0 Å². The van der Waals surface area contributed by atoms with E-state index in [0.717, 1.165) is 48.4 Å². The molecule has 0 saturated carbocycles. The van der Waals surface area contributed by atoms with E-state index in [1.165, 1.54) is 22.3 Å². The normalized spacial score (nSPS) is 12.2. The Balaban J connectivity index is 1.99. The van der Waals surface area contributed by atoms with E-state index >= 15 is 0 Å². The van der Waals surface area contributed by atoms with Gasteiger partial charge in [0.25, 0.3) is 0 Å². The number of nitrogens with zero attached hydrogens (tertiary/aromatic N) is 2. The van der Waals surface area contributed by atoms with Gasteiger partial charge in [0.15, 0.2) is 0 Å². The summed E-state index contributed by atoms with van der Waals surface area (Å²) in [5.41, 5.74) is 8.61. The first kappa shape index (κ1) is 23.0. The Morgan fingerprint density at radius 3 is 2.10 bits per heavy atom. The summed E-state index contributed by atoms with van der Waals surface area (Å²) >= 11 is 0. The highest BCUT2D eigenvalue weighted by atomic mass is 16.5. The summed E-state index contributed by atoms with van der Waals surface area (Å²) in [7, 11) is 3.96. The van der Waals surface area contributed by atoms with Crippen LogP contribution in [0.1, 0.15) is 61.1 Å². The van der Waals surface area contributed by atoms with Gasteiger partial charge in [0, 0.05) is 35.5 Å². The summed E-state index contributed by atoms with van der Waals surface area (Å²) in [5, 5.41) is 0. The molecule has 1 heterocycles. The molecule has 0 spiro atoms. The van der Waals surface area contributed by atoms with Gasteiger partial charge in [0.05, 0.1) is 12.8 Å². The standard InChI is InChI=1S/C28H36N2O/c1-7-21-16-13-17-22(8-2)26(21)27-20(4)28(31-6)24(18-29-27)19-30(5)25(9-3)23-14-11-10-12-15-23/h10-18,25H,7-9,19H2,1-6H3. The minimum absolute atomic E-state index is 0.360. The maximum atomic E-state index is 5.94. The van der Waals surface area contributed by atoms with E-state index < -0.39 is 0 Å². The number of rotatable bonds is 9. The van der Waals surface area contributed by atoms with Crippen LogP contribution in [0.25, 0.3) is 11.3 Å². The first-order valence-corrected chi connectivity index (χ1v) is 11.4. The molecule has 0 bridgehead atoms. The van der Waals surface area contributed by atoms with Crippen LogP contribution in [0.2, 0.25) is 0 Å². The summed E-state index contributed by atoms with van der Waals surface area (Å²) in [5.74, 6) is 0.952. The predicted octanol–water partition coefficient (Wildman–Crippen LogP) is 6.77. The molecule has 3 rings (SSSR count). The molecule has 1 atom stereocenters. The van der Waals surface area contributed by atoms with E-state index in [0.29, 0.717) is 6.04 Å². The molecule has 0 aliphatic heterocycles. The number of pyridine rings is 1. The van der Waals surface area contributed by atoms with Crippen LogP contribution >= 0.6 is 0 Å². The summed E-state index contributed by atoms with van der Waals surface area (Å²) in [6, 6.07) is 17.7. The minimum Gasteiger partial charge on any atom is -0.496 e. The minimum atomic E-state index is 0.360. The Labute approximate surface area is 188 Å². The van der Waals surface area contributed by atoms with Gasteiger partial charge >= 0.3 is 0 Å². The van der Waals surface area contributed by atoms with Gasteiger partial charge in [-0.05, 0) is 49.9 Å². The zero-order valence-electron chi connectivity index (χ0n) is 19.9. The predicted molar refractivity (Wildman–Crippen MR) is 131 cm³/mol. The van der Waals surface area contributed by atoms with E-state index in [4.69, 9.17) is 9.72 Å². The average molecular weight is 417 g/mol. The summed E-state index contributed by atoms with van der Waals surface area (Å²) in [4.78, 5) is 7.37. The SMILES string of the molecule is CCc1cccc(CC)c1-c1ncc(CN(C)C(CC)c2ccccc2)c(OC)c1C. The van der Waals surface area contributed by atoms with Crippen molar-refractivity contribution < 1.29 is 4.74 Å². The highest BCUT2D eigenvalue weighted by Crippen LogP contribution is 2.36. The van der Waals surface area contributed by atoms with E-state index in [1.807, 2.05) is 6.20 Å². The van der Waals surface area contributed by atoms with Crippen molar-refractivity contribution in [3.63, 3.8) is 0 Å². The van der Waals surface area contributed by atoms with Gasteiger partial charge in [0.1, 0.15) is 5.75 Å². The highest BCUT2D eigenvalue weighted by Gasteiger charge is 2.21. The Morgan fingerprint density at radius 2 is 1.55 bits per heavy atom. The molecule has 0 aliphatic carbocycles. The van der Waals surface area contributed by atoms with Crippen LogP contribution in [0.15, 0.2) is 54.7 Å². The average Bonchev–Trinajstić information content (AvgIpc) is 2.80. The monoisotopic (exact) mass is 416 g/mol. The van der Waals surface area contributed by atoms with E-state index in [-0.39, 0.29) is 0 Å². The van der Waals surface area contributed by atoms with Crippen molar-refractivity contribution in [2.45, 2.75) is 59.5 Å². The summed E-state index contributed by atoms with van der Waals surface area (Å²) in [6.45, 7) is 9.60. The van der Waals surface area contributed by atoms with Gasteiger partial charge in [-0.3, -0.25) is 9.88 Å². The molecule has 0 radical (unpaired) electrons. The van der Waals surface area contributed by atoms with Crippen LogP contribution in [0, 0.1) is 6.92 Å². The molecule has 0 saturated heterocycles.